The van der Waals surface area contributed by atoms with Gasteiger partial charge in [0.15, 0.2) is 0 Å². The molecule has 0 heterocycles. The summed E-state index contributed by atoms with van der Waals surface area (Å²) in [4.78, 5) is 11.8. The third-order valence-corrected chi connectivity index (χ3v) is 3.96. The Morgan fingerprint density at radius 1 is 1.19 bits per heavy atom. The Bertz CT molecular complexity index is 440. The second-order valence-corrected chi connectivity index (χ2v) is 6.77. The molecule has 0 aliphatic heterocycles. The largest absolute Gasteiger partial charge is 0.468 e. The number of rotatable bonds is 7. The quantitative estimate of drug-likeness (QED) is 0.781. The van der Waals surface area contributed by atoms with Crippen molar-refractivity contribution in [2.24, 2.45) is 5.92 Å². The van der Waals surface area contributed by atoms with Crippen molar-refractivity contribution in [3.8, 4) is 0 Å². The fourth-order valence-electron chi connectivity index (χ4n) is 2.80. The van der Waals surface area contributed by atoms with Gasteiger partial charge in [-0.2, -0.15) is 0 Å². The highest BCUT2D eigenvalue weighted by Gasteiger charge is 2.28. The molecule has 3 nitrogen and oxygen atoms in total. The van der Waals surface area contributed by atoms with Crippen LogP contribution in [0.3, 0.4) is 0 Å². The normalized spacial score (nSPS) is 14.8. The van der Waals surface area contributed by atoms with Crippen LogP contribution in [-0.2, 0) is 14.9 Å². The molecule has 1 aromatic carbocycles. The summed E-state index contributed by atoms with van der Waals surface area (Å²) in [6, 6.07) is 10.5. The predicted molar refractivity (Wildman–Crippen MR) is 87.3 cm³/mol. The number of carbonyl (C=O) groups excluding carboxylic acids is 1. The lowest BCUT2D eigenvalue weighted by atomic mass is 9.79. The third-order valence-electron chi connectivity index (χ3n) is 3.96. The van der Waals surface area contributed by atoms with Crippen LogP contribution in [-0.4, -0.2) is 25.2 Å². The first-order chi connectivity index (χ1) is 9.77. The number of hydrogen-bond acceptors (Lipinski definition) is 3. The smallest absolute Gasteiger partial charge is 0.323 e. The number of carbonyl (C=O) groups is 1. The second-order valence-electron chi connectivity index (χ2n) is 6.77. The van der Waals surface area contributed by atoms with Crippen molar-refractivity contribution in [3.05, 3.63) is 35.9 Å². The minimum Gasteiger partial charge on any atom is -0.468 e. The van der Waals surface area contributed by atoms with E-state index >= 15 is 0 Å². The van der Waals surface area contributed by atoms with Crippen LogP contribution < -0.4 is 5.32 Å². The third kappa shape index (κ3) is 5.16. The molecule has 1 aromatic rings. The number of ether oxygens (including phenoxy) is 1. The highest BCUT2D eigenvalue weighted by molar-refractivity contribution is 5.75. The standard InChI is InChI=1S/C18H29NO2/c1-13(2)16(17(20)21-6)19-14(3)12-18(4,5)15-10-8-7-9-11-15/h7-11,13-14,16,19H,12H2,1-6H3/t14?,16-/m0/s1. The monoisotopic (exact) mass is 291 g/mol. The van der Waals surface area contributed by atoms with Crippen LogP contribution in [0.25, 0.3) is 0 Å². The molecule has 0 bridgehead atoms. The van der Waals surface area contributed by atoms with Crippen LogP contribution in [0.2, 0.25) is 0 Å². The van der Waals surface area contributed by atoms with Gasteiger partial charge in [0.05, 0.1) is 7.11 Å². The lowest BCUT2D eigenvalue weighted by molar-refractivity contribution is -0.144. The summed E-state index contributed by atoms with van der Waals surface area (Å²) in [5.74, 6) is 0.0223. The predicted octanol–water partition coefficient (Wildman–Crippen LogP) is 3.53. The van der Waals surface area contributed by atoms with E-state index in [1.165, 1.54) is 12.7 Å². The highest BCUT2D eigenvalue weighted by atomic mass is 16.5. The lowest BCUT2D eigenvalue weighted by Gasteiger charge is -2.32. The van der Waals surface area contributed by atoms with Crippen molar-refractivity contribution in [1.82, 2.24) is 5.32 Å². The lowest BCUT2D eigenvalue weighted by Crippen LogP contribution is -2.47. The Hall–Kier alpha value is -1.35. The van der Waals surface area contributed by atoms with Crippen LogP contribution in [0.1, 0.15) is 46.6 Å². The van der Waals surface area contributed by atoms with E-state index in [2.05, 4.69) is 50.4 Å². The van der Waals surface area contributed by atoms with Gasteiger partial charge in [0.2, 0.25) is 0 Å². The molecule has 0 aliphatic rings. The van der Waals surface area contributed by atoms with E-state index in [-0.39, 0.29) is 29.4 Å². The molecule has 0 radical (unpaired) electrons. The SMILES string of the molecule is COC(=O)[C@@H](NC(C)CC(C)(C)c1ccccc1)C(C)C. The molecule has 0 saturated heterocycles. The molecule has 2 atom stereocenters. The first-order valence-corrected chi connectivity index (χ1v) is 7.67. The van der Waals surface area contributed by atoms with Crippen LogP contribution >= 0.6 is 0 Å². The van der Waals surface area contributed by atoms with Crippen LogP contribution in [0.15, 0.2) is 30.3 Å². The van der Waals surface area contributed by atoms with E-state index in [1.807, 2.05) is 19.9 Å². The van der Waals surface area contributed by atoms with Crippen molar-refractivity contribution in [3.63, 3.8) is 0 Å². The van der Waals surface area contributed by atoms with E-state index in [1.54, 1.807) is 0 Å². The fourth-order valence-corrected chi connectivity index (χ4v) is 2.80. The average Bonchev–Trinajstić information content (AvgIpc) is 2.44. The van der Waals surface area contributed by atoms with Gasteiger partial charge in [-0.3, -0.25) is 4.79 Å². The van der Waals surface area contributed by atoms with E-state index in [0.29, 0.717) is 0 Å². The minimum atomic E-state index is -0.253. The van der Waals surface area contributed by atoms with Crippen molar-refractivity contribution >= 4 is 5.97 Å². The number of benzene rings is 1. The topological polar surface area (TPSA) is 38.3 Å². The summed E-state index contributed by atoms with van der Waals surface area (Å²) in [7, 11) is 1.44. The summed E-state index contributed by atoms with van der Waals surface area (Å²) < 4.78 is 4.89. The van der Waals surface area contributed by atoms with Crippen molar-refractivity contribution in [2.45, 2.75) is 58.5 Å². The number of nitrogens with one attached hydrogen (secondary N) is 1. The van der Waals surface area contributed by atoms with Gasteiger partial charge < -0.3 is 10.1 Å². The molecule has 0 saturated carbocycles. The Balaban J connectivity index is 2.71. The Morgan fingerprint density at radius 3 is 2.24 bits per heavy atom. The molecule has 1 rings (SSSR count). The fraction of sp³-hybridized carbons (Fsp3) is 0.611. The molecule has 1 unspecified atom stereocenters. The van der Waals surface area contributed by atoms with Gasteiger partial charge in [0, 0.05) is 6.04 Å². The maximum atomic E-state index is 11.8. The molecule has 21 heavy (non-hydrogen) atoms. The Kier molecular flexibility index (Phi) is 6.41. The summed E-state index contributed by atoms with van der Waals surface area (Å²) in [5, 5.41) is 3.42. The summed E-state index contributed by atoms with van der Waals surface area (Å²) in [6.45, 7) is 10.7. The molecule has 0 spiro atoms. The van der Waals surface area contributed by atoms with Crippen molar-refractivity contribution in [2.75, 3.05) is 7.11 Å². The van der Waals surface area contributed by atoms with Crippen LogP contribution in [0.5, 0.6) is 0 Å². The Labute approximate surface area is 129 Å². The molecule has 0 fully saturated rings. The number of hydrogen-bond donors (Lipinski definition) is 1. The highest BCUT2D eigenvalue weighted by Crippen LogP contribution is 2.28. The summed E-state index contributed by atoms with van der Waals surface area (Å²) >= 11 is 0. The van der Waals surface area contributed by atoms with Crippen molar-refractivity contribution in [1.29, 1.82) is 0 Å². The molecule has 3 heteroatoms. The summed E-state index contributed by atoms with van der Waals surface area (Å²) in [5.41, 5.74) is 1.38. The first kappa shape index (κ1) is 17.7. The molecule has 0 aliphatic carbocycles. The van der Waals surface area contributed by atoms with Gasteiger partial charge in [0.1, 0.15) is 6.04 Å². The van der Waals surface area contributed by atoms with E-state index < -0.39 is 0 Å². The maximum Gasteiger partial charge on any atom is 0.323 e. The van der Waals surface area contributed by atoms with E-state index in [4.69, 9.17) is 4.74 Å². The van der Waals surface area contributed by atoms with Gasteiger partial charge >= 0.3 is 5.97 Å². The molecule has 0 aromatic heterocycles. The molecule has 118 valence electrons. The maximum absolute atomic E-state index is 11.8. The van der Waals surface area contributed by atoms with E-state index in [9.17, 15) is 4.79 Å². The van der Waals surface area contributed by atoms with Gasteiger partial charge in [-0.25, -0.2) is 0 Å². The number of methoxy groups -OCH3 is 1. The van der Waals surface area contributed by atoms with Gasteiger partial charge in [-0.15, -0.1) is 0 Å². The van der Waals surface area contributed by atoms with Gasteiger partial charge in [-0.05, 0) is 30.2 Å². The zero-order chi connectivity index (χ0) is 16.0. The zero-order valence-corrected chi connectivity index (χ0v) is 14.1. The summed E-state index contributed by atoms with van der Waals surface area (Å²) in [6.07, 6.45) is 0.956. The van der Waals surface area contributed by atoms with Gasteiger partial charge in [0.25, 0.3) is 0 Å². The van der Waals surface area contributed by atoms with Crippen LogP contribution in [0.4, 0.5) is 0 Å². The minimum absolute atomic E-state index is 0.0608. The van der Waals surface area contributed by atoms with Crippen molar-refractivity contribution < 1.29 is 9.53 Å². The molecule has 1 N–H and O–H groups in total. The molecule has 0 amide bonds. The second kappa shape index (κ2) is 7.60. The first-order valence-electron chi connectivity index (χ1n) is 7.67. The van der Waals surface area contributed by atoms with Crippen LogP contribution in [0, 0.1) is 5.92 Å². The van der Waals surface area contributed by atoms with Gasteiger partial charge in [-0.1, -0.05) is 58.0 Å². The number of esters is 1. The average molecular weight is 291 g/mol. The zero-order valence-electron chi connectivity index (χ0n) is 14.1. The Morgan fingerprint density at radius 2 is 1.76 bits per heavy atom. The molecular formula is C18H29NO2. The van der Waals surface area contributed by atoms with E-state index in [0.717, 1.165) is 6.42 Å². The molecular weight excluding hydrogens is 262 g/mol.